The number of hydrogen-bond donors (Lipinski definition) is 0. The van der Waals surface area contributed by atoms with E-state index in [2.05, 4.69) is 16.0 Å². The zero-order valence-corrected chi connectivity index (χ0v) is 19.1. The van der Waals surface area contributed by atoms with Gasteiger partial charge in [0, 0.05) is 49.2 Å². The number of carbonyl (C=O) groups is 2. The molecule has 32 heavy (non-hydrogen) atoms. The summed E-state index contributed by atoms with van der Waals surface area (Å²) in [6.07, 6.45) is 3.61. The van der Waals surface area contributed by atoms with Crippen LogP contribution in [0.5, 0.6) is 0 Å². The van der Waals surface area contributed by atoms with Gasteiger partial charge in [0.1, 0.15) is 11.7 Å². The van der Waals surface area contributed by atoms with Gasteiger partial charge in [0.15, 0.2) is 0 Å². The summed E-state index contributed by atoms with van der Waals surface area (Å²) in [5.74, 6) is 0.124. The molecule has 0 spiro atoms. The van der Waals surface area contributed by atoms with Gasteiger partial charge in [-0.3, -0.25) is 24.5 Å². The zero-order chi connectivity index (χ0) is 22.6. The van der Waals surface area contributed by atoms with Gasteiger partial charge < -0.3 is 9.47 Å². The number of pyridine rings is 2. The molecule has 0 bridgehead atoms. The van der Waals surface area contributed by atoms with E-state index in [9.17, 15) is 9.59 Å². The molecule has 1 unspecified atom stereocenters. The molecule has 0 N–H and O–H groups in total. The third-order valence-electron chi connectivity index (χ3n) is 5.58. The lowest BCUT2D eigenvalue weighted by Crippen LogP contribution is -2.47. The molecule has 2 amide bonds. The fraction of sp³-hybridized carbons (Fsp3) is 0.261. The van der Waals surface area contributed by atoms with Crippen LogP contribution in [0.4, 0.5) is 5.95 Å². The van der Waals surface area contributed by atoms with Gasteiger partial charge in [0.05, 0.1) is 22.8 Å². The Balaban J connectivity index is 1.76. The number of carbonyl (C=O) groups excluding carboxylic acids is 2. The molecule has 1 aliphatic heterocycles. The molecule has 162 valence electrons. The van der Waals surface area contributed by atoms with Gasteiger partial charge in [-0.15, -0.1) is 11.3 Å². The van der Waals surface area contributed by atoms with Crippen molar-refractivity contribution in [2.45, 2.75) is 26.4 Å². The van der Waals surface area contributed by atoms with E-state index in [4.69, 9.17) is 4.98 Å². The number of fused-ring (bicyclic) bond motifs is 2. The highest BCUT2D eigenvalue weighted by Gasteiger charge is 2.42. The number of aryl methyl sites for hydroxylation is 1. The van der Waals surface area contributed by atoms with Crippen molar-refractivity contribution in [2.75, 3.05) is 19.0 Å². The third kappa shape index (κ3) is 3.16. The number of amides is 2. The Morgan fingerprint density at radius 2 is 2.00 bits per heavy atom. The molecule has 1 atom stereocenters. The predicted octanol–water partition coefficient (Wildman–Crippen LogP) is 3.35. The van der Waals surface area contributed by atoms with Gasteiger partial charge in [-0.25, -0.2) is 4.98 Å². The first kappa shape index (κ1) is 20.3. The Morgan fingerprint density at radius 3 is 2.69 bits per heavy atom. The lowest BCUT2D eigenvalue weighted by Gasteiger charge is -2.23. The number of imidazole rings is 1. The maximum Gasteiger partial charge on any atom is 0.247 e. The number of anilines is 1. The first-order chi connectivity index (χ1) is 15.3. The summed E-state index contributed by atoms with van der Waals surface area (Å²) in [7, 11) is 3.40. The minimum Gasteiger partial charge on any atom is -0.347 e. The normalized spacial score (nSPS) is 15.2. The minimum absolute atomic E-state index is 0.132. The molecule has 4 aromatic heterocycles. The fourth-order valence-electron chi connectivity index (χ4n) is 4.14. The number of likely N-dealkylation sites (N-methyl/N-ethyl adjacent to an activating group) is 1. The first-order valence-electron chi connectivity index (χ1n) is 10.2. The quantitative estimate of drug-likeness (QED) is 0.482. The number of nitrogens with zero attached hydrogens (tertiary/aromatic N) is 6. The SMILES string of the molecule is CC(=O)N1c2nc(-c3cccc(C)n3)c(-c3cc4cnccc4s3)n2CC1C(=O)N(C)C. The molecule has 0 radical (unpaired) electrons. The molecule has 0 saturated carbocycles. The number of rotatable bonds is 3. The Kier molecular flexibility index (Phi) is 4.78. The van der Waals surface area contributed by atoms with Crippen molar-refractivity contribution in [2.24, 2.45) is 0 Å². The summed E-state index contributed by atoms with van der Waals surface area (Å²) in [5.41, 5.74) is 3.17. The smallest absolute Gasteiger partial charge is 0.247 e. The standard InChI is InChI=1S/C23H22N6O2S/c1-13-6-5-7-16(25-13)20-21(19-10-15-11-24-9-8-18(15)32-19)28-12-17(22(31)27(3)4)29(14(2)30)23(28)26-20/h5-11,17H,12H2,1-4H3. The lowest BCUT2D eigenvalue weighted by molar-refractivity contribution is -0.132. The van der Waals surface area contributed by atoms with Crippen LogP contribution in [0, 0.1) is 6.92 Å². The van der Waals surface area contributed by atoms with Gasteiger partial charge in [-0.1, -0.05) is 6.07 Å². The van der Waals surface area contributed by atoms with Crippen molar-refractivity contribution >= 4 is 39.2 Å². The Labute approximate surface area is 189 Å². The molecule has 5 rings (SSSR count). The van der Waals surface area contributed by atoms with Crippen LogP contribution in [0.25, 0.3) is 32.0 Å². The van der Waals surface area contributed by atoms with Crippen molar-refractivity contribution in [3.8, 4) is 22.0 Å². The average molecular weight is 447 g/mol. The van der Waals surface area contributed by atoms with Crippen molar-refractivity contribution in [1.82, 2.24) is 24.4 Å². The van der Waals surface area contributed by atoms with Gasteiger partial charge in [-0.2, -0.15) is 0 Å². The van der Waals surface area contributed by atoms with E-state index >= 15 is 0 Å². The maximum atomic E-state index is 12.9. The predicted molar refractivity (Wildman–Crippen MR) is 124 cm³/mol. The summed E-state index contributed by atoms with van der Waals surface area (Å²) >= 11 is 1.63. The first-order valence-corrected chi connectivity index (χ1v) is 11.1. The second-order valence-electron chi connectivity index (χ2n) is 8.05. The Morgan fingerprint density at radius 1 is 1.19 bits per heavy atom. The largest absolute Gasteiger partial charge is 0.347 e. The van der Waals surface area contributed by atoms with Crippen LogP contribution in [0.3, 0.4) is 0 Å². The van der Waals surface area contributed by atoms with Crippen LogP contribution in [0.15, 0.2) is 42.7 Å². The van der Waals surface area contributed by atoms with Crippen molar-refractivity contribution in [3.63, 3.8) is 0 Å². The van der Waals surface area contributed by atoms with E-state index in [-0.39, 0.29) is 11.8 Å². The molecule has 8 nitrogen and oxygen atoms in total. The van der Waals surface area contributed by atoms with Crippen LogP contribution in [-0.4, -0.2) is 56.4 Å². The van der Waals surface area contributed by atoms with Crippen LogP contribution in [0.1, 0.15) is 12.6 Å². The van der Waals surface area contributed by atoms with Crippen molar-refractivity contribution in [3.05, 3.63) is 48.4 Å². The second kappa shape index (κ2) is 7.52. The van der Waals surface area contributed by atoms with E-state index in [1.54, 1.807) is 31.6 Å². The lowest BCUT2D eigenvalue weighted by atomic mass is 10.1. The van der Waals surface area contributed by atoms with Crippen LogP contribution in [-0.2, 0) is 16.1 Å². The summed E-state index contributed by atoms with van der Waals surface area (Å²) < 4.78 is 3.08. The average Bonchev–Trinajstić information content (AvgIpc) is 3.43. The third-order valence-corrected chi connectivity index (χ3v) is 6.70. The van der Waals surface area contributed by atoms with Gasteiger partial charge in [0.2, 0.25) is 17.8 Å². The van der Waals surface area contributed by atoms with E-state index in [1.165, 1.54) is 16.7 Å². The van der Waals surface area contributed by atoms with Gasteiger partial charge >= 0.3 is 0 Å². The van der Waals surface area contributed by atoms with Crippen LogP contribution in [0.2, 0.25) is 0 Å². The molecular formula is C23H22N6O2S. The highest BCUT2D eigenvalue weighted by molar-refractivity contribution is 7.22. The summed E-state index contributed by atoms with van der Waals surface area (Å²) in [4.78, 5) is 43.3. The minimum atomic E-state index is -0.626. The summed E-state index contributed by atoms with van der Waals surface area (Å²) in [6, 6.07) is 9.24. The Bertz CT molecular complexity index is 1340. The molecule has 0 saturated heterocycles. The van der Waals surface area contributed by atoms with E-state index in [1.807, 2.05) is 42.0 Å². The molecule has 9 heteroatoms. The highest BCUT2D eigenvalue weighted by Crippen LogP contribution is 2.43. The van der Waals surface area contributed by atoms with E-state index in [0.717, 1.165) is 32.0 Å². The molecule has 0 aromatic carbocycles. The maximum absolute atomic E-state index is 12.9. The Hall–Kier alpha value is -3.59. The highest BCUT2D eigenvalue weighted by atomic mass is 32.1. The van der Waals surface area contributed by atoms with Crippen molar-refractivity contribution < 1.29 is 9.59 Å². The second-order valence-corrected chi connectivity index (χ2v) is 9.13. The van der Waals surface area contributed by atoms with Crippen LogP contribution >= 0.6 is 11.3 Å². The fourth-order valence-corrected chi connectivity index (χ4v) is 5.23. The van der Waals surface area contributed by atoms with E-state index < -0.39 is 6.04 Å². The number of hydrogen-bond acceptors (Lipinski definition) is 6. The summed E-state index contributed by atoms with van der Waals surface area (Å²) in [6.45, 7) is 3.74. The molecule has 4 aromatic rings. The molecule has 5 heterocycles. The molecule has 0 fully saturated rings. The zero-order valence-electron chi connectivity index (χ0n) is 18.2. The van der Waals surface area contributed by atoms with Crippen molar-refractivity contribution in [1.29, 1.82) is 0 Å². The van der Waals surface area contributed by atoms with Crippen LogP contribution < -0.4 is 4.90 Å². The summed E-state index contributed by atoms with van der Waals surface area (Å²) in [5, 5.41) is 1.04. The molecular weight excluding hydrogens is 424 g/mol. The number of thiophene rings is 1. The van der Waals surface area contributed by atoms with Gasteiger partial charge in [-0.05, 0) is 31.2 Å². The van der Waals surface area contributed by atoms with E-state index in [0.29, 0.717) is 18.2 Å². The monoisotopic (exact) mass is 446 g/mol. The number of aromatic nitrogens is 4. The van der Waals surface area contributed by atoms with Gasteiger partial charge in [0.25, 0.3) is 0 Å². The topological polar surface area (TPSA) is 84.2 Å². The molecule has 0 aliphatic carbocycles. The molecule has 1 aliphatic rings.